The first kappa shape index (κ1) is 17.7. The lowest BCUT2D eigenvalue weighted by Gasteiger charge is -2.26. The summed E-state index contributed by atoms with van der Waals surface area (Å²) in [6.45, 7) is 7.35. The van der Waals surface area contributed by atoms with Crippen molar-refractivity contribution in [2.45, 2.75) is 39.2 Å². The summed E-state index contributed by atoms with van der Waals surface area (Å²) >= 11 is 0. The number of fused-ring (bicyclic) bond motifs is 1. The third-order valence-corrected chi connectivity index (χ3v) is 4.97. The Morgan fingerprint density at radius 3 is 2.80 bits per heavy atom. The van der Waals surface area contributed by atoms with Crippen molar-refractivity contribution in [2.75, 3.05) is 32.7 Å². The number of likely N-dealkylation sites (N-methyl/N-ethyl adjacent to an activating group) is 1. The van der Waals surface area contributed by atoms with Crippen LogP contribution in [0.1, 0.15) is 38.3 Å². The van der Waals surface area contributed by atoms with Crippen LogP contribution in [0.4, 0.5) is 4.79 Å². The summed E-state index contributed by atoms with van der Waals surface area (Å²) in [5.74, 6) is 0. The molecule has 0 saturated carbocycles. The average Bonchev–Trinajstić information content (AvgIpc) is 2.86. The number of hydrogen-bond acceptors (Lipinski definition) is 3. The molecule has 1 saturated heterocycles. The van der Waals surface area contributed by atoms with E-state index in [1.54, 1.807) is 0 Å². The van der Waals surface area contributed by atoms with Gasteiger partial charge in [0.15, 0.2) is 0 Å². The van der Waals surface area contributed by atoms with E-state index in [4.69, 9.17) is 0 Å². The van der Waals surface area contributed by atoms with Crippen LogP contribution in [-0.4, -0.2) is 57.9 Å². The standard InChI is InChI=1S/C19H29N5O/c1-2-23(14-13-22-10-6-3-4-7-11-22)19(25)21-16-17-15-20-18-9-5-8-12-24(17)18/h5,8-9,12,15H,2-4,6-7,10-11,13-14,16H2,1H3,(H,21,25). The van der Waals surface area contributed by atoms with E-state index in [0.29, 0.717) is 6.54 Å². The van der Waals surface area contributed by atoms with Crippen LogP contribution in [0.5, 0.6) is 0 Å². The highest BCUT2D eigenvalue weighted by Crippen LogP contribution is 2.09. The van der Waals surface area contributed by atoms with E-state index in [2.05, 4.69) is 15.2 Å². The molecular weight excluding hydrogens is 314 g/mol. The van der Waals surface area contributed by atoms with Crippen LogP contribution in [-0.2, 0) is 6.54 Å². The number of rotatable bonds is 6. The first-order valence-electron chi connectivity index (χ1n) is 9.44. The van der Waals surface area contributed by atoms with Crippen LogP contribution in [0.2, 0.25) is 0 Å². The van der Waals surface area contributed by atoms with E-state index in [-0.39, 0.29) is 6.03 Å². The van der Waals surface area contributed by atoms with Crippen LogP contribution in [0.15, 0.2) is 30.6 Å². The molecule has 25 heavy (non-hydrogen) atoms. The van der Waals surface area contributed by atoms with Gasteiger partial charge in [-0.05, 0) is 45.0 Å². The number of nitrogens with zero attached hydrogens (tertiary/aromatic N) is 4. The van der Waals surface area contributed by atoms with Gasteiger partial charge in [-0.1, -0.05) is 18.9 Å². The predicted octanol–water partition coefficient (Wildman–Crippen LogP) is 2.74. The normalized spacial score (nSPS) is 15.9. The molecule has 3 rings (SSSR count). The molecule has 2 aromatic heterocycles. The SMILES string of the molecule is CCN(CCN1CCCCCC1)C(=O)NCc1cnc2ccccn12. The lowest BCUT2D eigenvalue weighted by molar-refractivity contribution is 0.185. The Bertz CT molecular complexity index is 675. The summed E-state index contributed by atoms with van der Waals surface area (Å²) < 4.78 is 2.01. The predicted molar refractivity (Wildman–Crippen MR) is 99.6 cm³/mol. The Labute approximate surface area is 149 Å². The molecule has 0 atom stereocenters. The molecule has 3 heterocycles. The summed E-state index contributed by atoms with van der Waals surface area (Å²) in [5.41, 5.74) is 1.90. The van der Waals surface area contributed by atoms with Gasteiger partial charge in [-0.15, -0.1) is 0 Å². The van der Waals surface area contributed by atoms with Gasteiger partial charge in [-0.3, -0.25) is 0 Å². The van der Waals surface area contributed by atoms with Crippen molar-refractivity contribution in [3.63, 3.8) is 0 Å². The summed E-state index contributed by atoms with van der Waals surface area (Å²) in [6.07, 6.45) is 9.05. The number of nitrogens with one attached hydrogen (secondary N) is 1. The molecule has 1 N–H and O–H groups in total. The Balaban J connectivity index is 1.50. The third-order valence-electron chi connectivity index (χ3n) is 4.97. The minimum atomic E-state index is 0.00297. The maximum Gasteiger partial charge on any atom is 0.317 e. The highest BCUT2D eigenvalue weighted by Gasteiger charge is 2.15. The second kappa shape index (κ2) is 8.85. The van der Waals surface area contributed by atoms with Crippen molar-refractivity contribution in [2.24, 2.45) is 0 Å². The van der Waals surface area contributed by atoms with Crippen molar-refractivity contribution in [1.29, 1.82) is 0 Å². The van der Waals surface area contributed by atoms with Gasteiger partial charge in [-0.2, -0.15) is 0 Å². The van der Waals surface area contributed by atoms with E-state index in [1.165, 1.54) is 38.8 Å². The van der Waals surface area contributed by atoms with Gasteiger partial charge in [0.1, 0.15) is 5.65 Å². The molecular formula is C19H29N5O. The Hall–Kier alpha value is -2.08. The number of carbonyl (C=O) groups excluding carboxylic acids is 1. The zero-order valence-corrected chi connectivity index (χ0v) is 15.2. The molecule has 0 bridgehead atoms. The third kappa shape index (κ3) is 4.72. The maximum atomic E-state index is 12.5. The van der Waals surface area contributed by atoms with E-state index < -0.39 is 0 Å². The molecule has 0 aromatic carbocycles. The Kier molecular flexibility index (Phi) is 6.28. The molecule has 2 aromatic rings. The van der Waals surface area contributed by atoms with Gasteiger partial charge < -0.3 is 19.5 Å². The summed E-state index contributed by atoms with van der Waals surface area (Å²) in [6, 6.07) is 5.90. The molecule has 6 heteroatoms. The monoisotopic (exact) mass is 343 g/mol. The van der Waals surface area contributed by atoms with Gasteiger partial charge in [-0.25, -0.2) is 9.78 Å². The fraction of sp³-hybridized carbons (Fsp3) is 0.579. The highest BCUT2D eigenvalue weighted by molar-refractivity contribution is 5.74. The van der Waals surface area contributed by atoms with Crippen LogP contribution >= 0.6 is 0 Å². The van der Waals surface area contributed by atoms with E-state index in [1.807, 2.05) is 46.8 Å². The van der Waals surface area contributed by atoms with E-state index in [9.17, 15) is 4.79 Å². The molecule has 0 unspecified atom stereocenters. The van der Waals surface area contributed by atoms with Crippen LogP contribution in [0, 0.1) is 0 Å². The van der Waals surface area contributed by atoms with Crippen molar-refractivity contribution in [3.05, 3.63) is 36.3 Å². The fourth-order valence-electron chi connectivity index (χ4n) is 3.42. The van der Waals surface area contributed by atoms with Gasteiger partial charge in [0.2, 0.25) is 0 Å². The Morgan fingerprint density at radius 1 is 1.24 bits per heavy atom. The minimum absolute atomic E-state index is 0.00297. The topological polar surface area (TPSA) is 52.9 Å². The number of urea groups is 1. The number of hydrogen-bond donors (Lipinski definition) is 1. The molecule has 6 nitrogen and oxygen atoms in total. The van der Waals surface area contributed by atoms with E-state index >= 15 is 0 Å². The molecule has 1 aliphatic rings. The number of imidazole rings is 1. The highest BCUT2D eigenvalue weighted by atomic mass is 16.2. The Morgan fingerprint density at radius 2 is 2.04 bits per heavy atom. The zero-order chi connectivity index (χ0) is 17.5. The number of aromatic nitrogens is 2. The summed E-state index contributed by atoms with van der Waals surface area (Å²) in [5, 5.41) is 3.04. The number of carbonyl (C=O) groups is 1. The molecule has 0 spiro atoms. The second-order valence-corrected chi connectivity index (χ2v) is 6.67. The molecule has 136 valence electrons. The first-order chi connectivity index (χ1) is 12.3. The molecule has 0 aliphatic carbocycles. The smallest absolute Gasteiger partial charge is 0.317 e. The summed E-state index contributed by atoms with van der Waals surface area (Å²) in [4.78, 5) is 21.3. The van der Waals surface area contributed by atoms with Crippen LogP contribution in [0.3, 0.4) is 0 Å². The largest absolute Gasteiger partial charge is 0.332 e. The van der Waals surface area contributed by atoms with Gasteiger partial charge >= 0.3 is 6.03 Å². The lowest BCUT2D eigenvalue weighted by Crippen LogP contribution is -2.44. The van der Waals surface area contributed by atoms with Crippen molar-refractivity contribution < 1.29 is 4.79 Å². The van der Waals surface area contributed by atoms with Crippen LogP contribution < -0.4 is 5.32 Å². The van der Waals surface area contributed by atoms with Crippen LogP contribution in [0.25, 0.3) is 5.65 Å². The van der Waals surface area contributed by atoms with Crippen molar-refractivity contribution >= 4 is 11.7 Å². The molecule has 1 aliphatic heterocycles. The molecule has 1 fully saturated rings. The molecule has 0 radical (unpaired) electrons. The fourth-order valence-corrected chi connectivity index (χ4v) is 3.42. The van der Waals surface area contributed by atoms with Crippen molar-refractivity contribution in [3.8, 4) is 0 Å². The van der Waals surface area contributed by atoms with Gasteiger partial charge in [0.05, 0.1) is 18.4 Å². The number of pyridine rings is 1. The lowest BCUT2D eigenvalue weighted by atomic mass is 10.2. The second-order valence-electron chi connectivity index (χ2n) is 6.67. The summed E-state index contributed by atoms with van der Waals surface area (Å²) in [7, 11) is 0. The van der Waals surface area contributed by atoms with Gasteiger partial charge in [0, 0.05) is 25.8 Å². The number of amides is 2. The minimum Gasteiger partial charge on any atom is -0.332 e. The average molecular weight is 343 g/mol. The van der Waals surface area contributed by atoms with Crippen molar-refractivity contribution in [1.82, 2.24) is 24.5 Å². The molecule has 2 amide bonds. The first-order valence-corrected chi connectivity index (χ1v) is 9.44. The van der Waals surface area contributed by atoms with Gasteiger partial charge in [0.25, 0.3) is 0 Å². The number of likely N-dealkylation sites (tertiary alicyclic amines) is 1. The maximum absolute atomic E-state index is 12.5. The quantitative estimate of drug-likeness (QED) is 0.877. The zero-order valence-electron chi connectivity index (χ0n) is 15.2. The van der Waals surface area contributed by atoms with E-state index in [0.717, 1.165) is 31.0 Å².